The monoisotopic (exact) mass is 506 g/mol. The molecule has 0 fully saturated rings. The number of allylic oxidation sites excluding steroid dienone is 1. The van der Waals surface area contributed by atoms with Gasteiger partial charge in [-0.05, 0) is 37.6 Å². The van der Waals surface area contributed by atoms with Crippen LogP contribution in [0.25, 0.3) is 0 Å². The van der Waals surface area contributed by atoms with E-state index in [1.54, 1.807) is 33.3 Å². The Labute approximate surface area is 205 Å². The highest BCUT2D eigenvalue weighted by atomic mass is 32.2. The molecule has 2 N–H and O–H groups in total. The lowest BCUT2D eigenvalue weighted by molar-refractivity contribution is -0.132. The molecule has 0 radical (unpaired) electrons. The van der Waals surface area contributed by atoms with Crippen molar-refractivity contribution in [3.05, 3.63) is 53.6 Å². The van der Waals surface area contributed by atoms with E-state index in [0.717, 1.165) is 16.2 Å². The lowest BCUT2D eigenvalue weighted by Crippen LogP contribution is -2.39. The molecule has 1 amide bonds. The normalized spacial score (nSPS) is 15.6. The first-order valence-corrected chi connectivity index (χ1v) is 13.3. The molecule has 1 heterocycles. The number of benzene rings is 2. The van der Waals surface area contributed by atoms with Crippen molar-refractivity contribution in [2.45, 2.75) is 42.2 Å². The molecule has 10 heteroatoms. The largest absolute Gasteiger partial charge is 0.493 e. The second kappa shape index (κ2) is 11.2. The molecule has 2 unspecified atom stereocenters. The smallest absolute Gasteiger partial charge is 0.256 e. The van der Waals surface area contributed by atoms with Crippen molar-refractivity contribution in [2.24, 2.45) is 0 Å². The summed E-state index contributed by atoms with van der Waals surface area (Å²) in [4.78, 5) is 14.4. The fraction of sp³-hybridized carbons (Fsp3) is 0.375. The van der Waals surface area contributed by atoms with Crippen LogP contribution in [0.2, 0.25) is 0 Å². The van der Waals surface area contributed by atoms with Crippen molar-refractivity contribution >= 4 is 33.2 Å². The molecule has 34 heavy (non-hydrogen) atoms. The molecule has 0 saturated carbocycles. The average Bonchev–Trinajstić information content (AvgIpc) is 3.21. The minimum Gasteiger partial charge on any atom is -0.493 e. The molecule has 0 bridgehead atoms. The van der Waals surface area contributed by atoms with Gasteiger partial charge in [0.1, 0.15) is 0 Å². The molecule has 0 saturated heterocycles. The van der Waals surface area contributed by atoms with Crippen molar-refractivity contribution in [1.82, 2.24) is 5.32 Å². The fourth-order valence-electron chi connectivity index (χ4n) is 3.29. The van der Waals surface area contributed by atoms with E-state index >= 15 is 0 Å². The Morgan fingerprint density at radius 1 is 1.15 bits per heavy atom. The first-order valence-electron chi connectivity index (χ1n) is 10.8. The number of amides is 1. The van der Waals surface area contributed by atoms with Gasteiger partial charge in [-0.25, -0.2) is 8.42 Å². The number of rotatable bonds is 10. The molecular weight excluding hydrogens is 476 g/mol. The Hall–Kier alpha value is -2.69. The number of thioether (sulfide) groups is 1. The number of methoxy groups -OCH3 is 2. The van der Waals surface area contributed by atoms with Gasteiger partial charge in [-0.1, -0.05) is 42.5 Å². The summed E-state index contributed by atoms with van der Waals surface area (Å²) in [6.45, 7) is 5.73. The van der Waals surface area contributed by atoms with Crippen molar-refractivity contribution in [3.63, 3.8) is 0 Å². The lowest BCUT2D eigenvalue weighted by atomic mass is 10.1. The van der Waals surface area contributed by atoms with Gasteiger partial charge in [0.25, 0.3) is 5.91 Å². The van der Waals surface area contributed by atoms with Crippen molar-refractivity contribution in [3.8, 4) is 11.5 Å². The molecule has 184 valence electrons. The Bertz CT molecular complexity index is 1130. The summed E-state index contributed by atoms with van der Waals surface area (Å²) in [5.74, 6) is 0.859. The second-order valence-corrected chi connectivity index (χ2v) is 11.2. The third kappa shape index (κ3) is 6.05. The topological polar surface area (TPSA) is 103 Å². The second-order valence-electron chi connectivity index (χ2n) is 7.82. The van der Waals surface area contributed by atoms with E-state index in [1.165, 1.54) is 23.9 Å². The Morgan fingerprint density at radius 3 is 2.38 bits per heavy atom. The van der Waals surface area contributed by atoms with Crippen LogP contribution in [0.4, 0.5) is 5.69 Å². The van der Waals surface area contributed by atoms with E-state index in [4.69, 9.17) is 14.2 Å². The maximum absolute atomic E-state index is 13.2. The molecule has 1 aliphatic heterocycles. The van der Waals surface area contributed by atoms with E-state index in [-0.39, 0.29) is 23.2 Å². The van der Waals surface area contributed by atoms with E-state index in [0.29, 0.717) is 17.1 Å². The van der Waals surface area contributed by atoms with Gasteiger partial charge in [-0.3, -0.25) is 4.79 Å². The standard InChI is InChI=1S/C24H30N2O6S2/c1-6-34(28,29)17-9-7-16(8-10-17)22(32-12-11-15(2)3)23(27)26-24-25-18-13-19(30-4)20(31-5)14-21(18)33-24/h7-11,13-14,22,24-25H,6,12H2,1-5H3,(H,26,27). The summed E-state index contributed by atoms with van der Waals surface area (Å²) >= 11 is 1.44. The summed E-state index contributed by atoms with van der Waals surface area (Å²) in [5, 5.41) is 6.22. The van der Waals surface area contributed by atoms with Crippen LogP contribution < -0.4 is 20.1 Å². The average molecular weight is 507 g/mol. The number of anilines is 1. The number of carbonyl (C=O) groups excluding carboxylic acids is 1. The molecule has 2 atom stereocenters. The van der Waals surface area contributed by atoms with Crippen LogP contribution in [0, 0.1) is 0 Å². The molecule has 2 aromatic carbocycles. The van der Waals surface area contributed by atoms with Crippen LogP contribution in [0.5, 0.6) is 11.5 Å². The molecular formula is C24H30N2O6S2. The number of ether oxygens (including phenoxy) is 3. The van der Waals surface area contributed by atoms with E-state index in [9.17, 15) is 13.2 Å². The highest BCUT2D eigenvalue weighted by Gasteiger charge is 2.29. The summed E-state index contributed by atoms with van der Waals surface area (Å²) in [6.07, 6.45) is 0.969. The number of hydrogen-bond donors (Lipinski definition) is 2. The predicted molar refractivity (Wildman–Crippen MR) is 133 cm³/mol. The van der Waals surface area contributed by atoms with Gasteiger partial charge < -0.3 is 24.8 Å². The number of fused-ring (bicyclic) bond motifs is 1. The number of sulfone groups is 1. The van der Waals surface area contributed by atoms with Crippen LogP contribution >= 0.6 is 11.8 Å². The van der Waals surface area contributed by atoms with Crippen molar-refractivity contribution in [2.75, 3.05) is 31.9 Å². The van der Waals surface area contributed by atoms with Crippen molar-refractivity contribution in [1.29, 1.82) is 0 Å². The number of carbonyl (C=O) groups is 1. The molecule has 2 aromatic rings. The maximum atomic E-state index is 13.2. The summed E-state index contributed by atoms with van der Waals surface area (Å²) in [5.41, 5.74) is 2.03. The highest BCUT2D eigenvalue weighted by molar-refractivity contribution is 8.00. The van der Waals surface area contributed by atoms with Gasteiger partial charge in [0.15, 0.2) is 32.9 Å². The quantitative estimate of drug-likeness (QED) is 0.464. The van der Waals surface area contributed by atoms with E-state index in [1.807, 2.05) is 32.1 Å². The zero-order valence-electron chi connectivity index (χ0n) is 19.9. The molecule has 0 spiro atoms. The van der Waals surface area contributed by atoms with Gasteiger partial charge in [0.2, 0.25) is 0 Å². The molecule has 0 aromatic heterocycles. The van der Waals surface area contributed by atoms with Crippen LogP contribution in [0.15, 0.2) is 57.8 Å². The van der Waals surface area contributed by atoms with E-state index < -0.39 is 21.4 Å². The Balaban J connectivity index is 1.78. The maximum Gasteiger partial charge on any atom is 0.256 e. The van der Waals surface area contributed by atoms with Gasteiger partial charge in [0.05, 0.1) is 37.2 Å². The SMILES string of the molecule is CCS(=O)(=O)c1ccc(C(OCC=C(C)C)C(=O)NC2Nc3cc(OC)c(OC)cc3S2)cc1. The minimum atomic E-state index is -3.33. The Kier molecular flexibility index (Phi) is 8.51. The third-order valence-corrected chi connectivity index (χ3v) is 8.02. The van der Waals surface area contributed by atoms with Gasteiger partial charge >= 0.3 is 0 Å². The van der Waals surface area contributed by atoms with Crippen molar-refractivity contribution < 1.29 is 27.4 Å². The highest BCUT2D eigenvalue weighted by Crippen LogP contribution is 2.44. The van der Waals surface area contributed by atoms with Gasteiger partial charge in [-0.2, -0.15) is 0 Å². The predicted octanol–water partition coefficient (Wildman–Crippen LogP) is 4.14. The van der Waals surface area contributed by atoms with Gasteiger partial charge in [-0.15, -0.1) is 0 Å². The van der Waals surface area contributed by atoms with Crippen LogP contribution in [-0.4, -0.2) is 46.4 Å². The summed E-state index contributed by atoms with van der Waals surface area (Å²) in [7, 11) is -0.197. The number of hydrogen-bond acceptors (Lipinski definition) is 8. The van der Waals surface area contributed by atoms with E-state index in [2.05, 4.69) is 10.6 Å². The summed E-state index contributed by atoms with van der Waals surface area (Å²) < 4.78 is 40.9. The first kappa shape index (κ1) is 25.9. The van der Waals surface area contributed by atoms with Crippen LogP contribution in [0.1, 0.15) is 32.4 Å². The lowest BCUT2D eigenvalue weighted by Gasteiger charge is -2.20. The first-order chi connectivity index (χ1) is 16.2. The molecule has 3 rings (SSSR count). The van der Waals surface area contributed by atoms with Crippen LogP contribution in [0.3, 0.4) is 0 Å². The molecule has 1 aliphatic rings. The number of nitrogens with one attached hydrogen (secondary N) is 2. The minimum absolute atomic E-state index is 0.00797. The Morgan fingerprint density at radius 2 is 1.79 bits per heavy atom. The zero-order chi connectivity index (χ0) is 24.9. The fourth-order valence-corrected chi connectivity index (χ4v) is 5.21. The van der Waals surface area contributed by atoms with Gasteiger partial charge in [0, 0.05) is 11.0 Å². The molecule has 8 nitrogen and oxygen atoms in total. The third-order valence-electron chi connectivity index (χ3n) is 5.21. The summed E-state index contributed by atoms with van der Waals surface area (Å²) in [6, 6.07) is 9.94. The molecule has 0 aliphatic carbocycles. The van der Waals surface area contributed by atoms with Crippen LogP contribution in [-0.2, 0) is 19.4 Å². The zero-order valence-corrected chi connectivity index (χ0v) is 21.5.